The molecule has 3 rings (SSSR count). The second-order valence-electron chi connectivity index (χ2n) is 5.60. The minimum atomic E-state index is -0.279. The predicted octanol–water partition coefficient (Wildman–Crippen LogP) is 2.13. The molecular formula is C19H19N3O3. The summed E-state index contributed by atoms with van der Waals surface area (Å²) in [5.41, 5.74) is 3.24. The van der Waals surface area contributed by atoms with E-state index in [2.05, 4.69) is 27.6 Å². The molecule has 6 heteroatoms. The molecule has 0 saturated carbocycles. The van der Waals surface area contributed by atoms with E-state index >= 15 is 0 Å². The molecule has 0 aliphatic heterocycles. The molecule has 0 aliphatic carbocycles. The lowest BCUT2D eigenvalue weighted by Gasteiger charge is -2.06. The van der Waals surface area contributed by atoms with Crippen molar-refractivity contribution in [3.63, 3.8) is 0 Å². The maximum atomic E-state index is 12.0. The normalized spacial score (nSPS) is 10.6. The van der Waals surface area contributed by atoms with E-state index < -0.39 is 0 Å². The maximum Gasteiger partial charge on any atom is 0.252 e. The highest BCUT2D eigenvalue weighted by molar-refractivity contribution is 5.78. The lowest BCUT2D eigenvalue weighted by molar-refractivity contribution is -0.120. The fourth-order valence-corrected chi connectivity index (χ4v) is 2.46. The summed E-state index contributed by atoms with van der Waals surface area (Å²) in [6.45, 7) is 0.143. The van der Waals surface area contributed by atoms with E-state index in [1.54, 1.807) is 0 Å². The third kappa shape index (κ3) is 4.74. The van der Waals surface area contributed by atoms with Crippen molar-refractivity contribution >= 4 is 5.91 Å². The van der Waals surface area contributed by atoms with Gasteiger partial charge in [-0.1, -0.05) is 59.8 Å². The first-order valence-electron chi connectivity index (χ1n) is 8.08. The van der Waals surface area contributed by atoms with E-state index in [9.17, 15) is 4.79 Å². The number of nitrogens with zero attached hydrogens (tertiary/aromatic N) is 2. The fourth-order valence-electron chi connectivity index (χ4n) is 2.46. The van der Waals surface area contributed by atoms with Gasteiger partial charge < -0.3 is 14.9 Å². The van der Waals surface area contributed by atoms with Gasteiger partial charge in [0, 0.05) is 13.0 Å². The van der Waals surface area contributed by atoms with Gasteiger partial charge in [-0.2, -0.15) is 4.98 Å². The van der Waals surface area contributed by atoms with Crippen LogP contribution in [0.15, 0.2) is 59.1 Å². The Bertz CT molecular complexity index is 813. The van der Waals surface area contributed by atoms with Crippen molar-refractivity contribution in [2.24, 2.45) is 0 Å². The molecule has 2 N–H and O–H groups in total. The van der Waals surface area contributed by atoms with E-state index in [4.69, 9.17) is 9.63 Å². The van der Waals surface area contributed by atoms with Crippen molar-refractivity contribution in [2.45, 2.75) is 19.4 Å². The van der Waals surface area contributed by atoms with Crippen LogP contribution in [0.2, 0.25) is 0 Å². The minimum absolute atomic E-state index is 0.0571. The molecule has 6 nitrogen and oxygen atoms in total. The molecule has 2 aromatic carbocycles. The molecule has 3 aromatic rings. The van der Waals surface area contributed by atoms with Gasteiger partial charge in [-0.15, -0.1) is 0 Å². The van der Waals surface area contributed by atoms with Crippen molar-refractivity contribution in [1.82, 2.24) is 15.5 Å². The van der Waals surface area contributed by atoms with Crippen LogP contribution in [0.1, 0.15) is 17.3 Å². The maximum absolute atomic E-state index is 12.0. The van der Waals surface area contributed by atoms with E-state index in [0.29, 0.717) is 25.2 Å². The van der Waals surface area contributed by atoms with Crippen molar-refractivity contribution in [3.05, 3.63) is 71.9 Å². The van der Waals surface area contributed by atoms with Gasteiger partial charge in [0.15, 0.2) is 5.82 Å². The number of benzene rings is 2. The highest BCUT2D eigenvalue weighted by Gasteiger charge is 2.07. The number of carbonyl (C=O) groups is 1. The van der Waals surface area contributed by atoms with Gasteiger partial charge in [0.1, 0.15) is 6.61 Å². The number of hydrogen-bond acceptors (Lipinski definition) is 5. The van der Waals surface area contributed by atoms with Crippen molar-refractivity contribution in [2.75, 3.05) is 6.54 Å². The Hall–Kier alpha value is -2.99. The number of aliphatic hydroxyl groups excluding tert-OH is 1. The Balaban J connectivity index is 1.47. The smallest absolute Gasteiger partial charge is 0.252 e. The second-order valence-corrected chi connectivity index (χ2v) is 5.60. The number of aliphatic hydroxyl groups is 1. The number of rotatable bonds is 7. The molecule has 0 radical (unpaired) electrons. The topological polar surface area (TPSA) is 88.2 Å². The summed E-state index contributed by atoms with van der Waals surface area (Å²) in [6.07, 6.45) is 0.783. The zero-order valence-electron chi connectivity index (χ0n) is 13.7. The molecule has 0 atom stereocenters. The molecular weight excluding hydrogens is 318 g/mol. The summed E-state index contributed by atoms with van der Waals surface area (Å²) >= 11 is 0. The third-order valence-electron chi connectivity index (χ3n) is 3.74. The molecule has 0 saturated heterocycles. The molecule has 1 heterocycles. The SMILES string of the molecule is O=C(Cc1ccc(-c2ccccc2)cc1)NCCc1noc(CO)n1. The van der Waals surface area contributed by atoms with Crippen LogP contribution in [0.3, 0.4) is 0 Å². The first-order valence-corrected chi connectivity index (χ1v) is 8.08. The summed E-state index contributed by atoms with van der Waals surface area (Å²) in [4.78, 5) is 16.0. The highest BCUT2D eigenvalue weighted by Crippen LogP contribution is 2.19. The largest absolute Gasteiger partial charge is 0.387 e. The lowest BCUT2D eigenvalue weighted by Crippen LogP contribution is -2.27. The highest BCUT2D eigenvalue weighted by atomic mass is 16.5. The van der Waals surface area contributed by atoms with E-state index in [-0.39, 0.29) is 18.4 Å². The number of nitrogens with one attached hydrogen (secondary N) is 1. The minimum Gasteiger partial charge on any atom is -0.387 e. The van der Waals surface area contributed by atoms with Crippen molar-refractivity contribution in [3.8, 4) is 11.1 Å². The fraction of sp³-hybridized carbons (Fsp3) is 0.211. The Labute approximate surface area is 145 Å². The van der Waals surface area contributed by atoms with Crippen LogP contribution in [0, 0.1) is 0 Å². The lowest BCUT2D eigenvalue weighted by atomic mass is 10.0. The molecule has 1 amide bonds. The standard InChI is InChI=1S/C19H19N3O3/c23-13-19-21-17(22-25-19)10-11-20-18(24)12-14-6-8-16(9-7-14)15-4-2-1-3-5-15/h1-9,23H,10-13H2,(H,20,24). The van der Waals surface area contributed by atoms with Gasteiger partial charge in [0.25, 0.3) is 5.89 Å². The number of carbonyl (C=O) groups excluding carboxylic acids is 1. The van der Waals surface area contributed by atoms with Gasteiger partial charge in [0.05, 0.1) is 6.42 Å². The zero-order valence-corrected chi connectivity index (χ0v) is 13.7. The second kappa shape index (κ2) is 8.21. The number of hydrogen-bond donors (Lipinski definition) is 2. The zero-order chi connectivity index (χ0) is 17.5. The molecule has 0 bridgehead atoms. The summed E-state index contributed by atoms with van der Waals surface area (Å²) in [5.74, 6) is 0.592. The van der Waals surface area contributed by atoms with Gasteiger partial charge in [-0.05, 0) is 16.7 Å². The Morgan fingerprint density at radius 1 is 1.04 bits per heavy atom. The number of amides is 1. The van der Waals surface area contributed by atoms with Gasteiger partial charge in [-0.25, -0.2) is 0 Å². The van der Waals surface area contributed by atoms with Gasteiger partial charge in [-0.3, -0.25) is 4.79 Å². The third-order valence-corrected chi connectivity index (χ3v) is 3.74. The quantitative estimate of drug-likeness (QED) is 0.689. The van der Waals surface area contributed by atoms with Crippen LogP contribution in [0.25, 0.3) is 11.1 Å². The summed E-state index contributed by atoms with van der Waals surface area (Å²) in [7, 11) is 0. The van der Waals surface area contributed by atoms with E-state index in [1.807, 2.05) is 42.5 Å². The number of aromatic nitrogens is 2. The van der Waals surface area contributed by atoms with Crippen LogP contribution < -0.4 is 5.32 Å². The van der Waals surface area contributed by atoms with Gasteiger partial charge in [0.2, 0.25) is 5.91 Å². The summed E-state index contributed by atoms with van der Waals surface area (Å²) in [5, 5.41) is 15.4. The average Bonchev–Trinajstić information content (AvgIpc) is 3.11. The average molecular weight is 337 g/mol. The summed E-state index contributed by atoms with van der Waals surface area (Å²) in [6, 6.07) is 18.1. The molecule has 0 aliphatic rings. The molecule has 1 aromatic heterocycles. The molecule has 25 heavy (non-hydrogen) atoms. The summed E-state index contributed by atoms with van der Waals surface area (Å²) < 4.78 is 4.79. The predicted molar refractivity (Wildman–Crippen MR) is 92.5 cm³/mol. The first-order chi connectivity index (χ1) is 12.2. The van der Waals surface area contributed by atoms with Crippen LogP contribution in [-0.4, -0.2) is 27.7 Å². The molecule has 128 valence electrons. The Morgan fingerprint density at radius 2 is 1.76 bits per heavy atom. The first kappa shape index (κ1) is 16.9. The van der Waals surface area contributed by atoms with Crippen molar-refractivity contribution in [1.29, 1.82) is 0 Å². The molecule has 0 fully saturated rings. The molecule has 0 unspecified atom stereocenters. The van der Waals surface area contributed by atoms with E-state index in [1.165, 1.54) is 0 Å². The Kier molecular flexibility index (Phi) is 5.53. The monoisotopic (exact) mass is 337 g/mol. The Morgan fingerprint density at radius 3 is 2.44 bits per heavy atom. The van der Waals surface area contributed by atoms with Gasteiger partial charge >= 0.3 is 0 Å². The van der Waals surface area contributed by atoms with Crippen molar-refractivity contribution < 1.29 is 14.4 Å². The van der Waals surface area contributed by atoms with Crippen LogP contribution in [0.5, 0.6) is 0 Å². The van der Waals surface area contributed by atoms with E-state index in [0.717, 1.165) is 16.7 Å². The van der Waals surface area contributed by atoms with Crippen LogP contribution >= 0.6 is 0 Å². The molecule has 0 spiro atoms. The van der Waals surface area contributed by atoms with Crippen LogP contribution in [0.4, 0.5) is 0 Å². The van der Waals surface area contributed by atoms with Crippen LogP contribution in [-0.2, 0) is 24.2 Å².